The second kappa shape index (κ2) is 8.87. The molecule has 4 amide bonds. The molecule has 2 aliphatic heterocycles. The zero-order valence-electron chi connectivity index (χ0n) is 18.5. The molecule has 0 spiro atoms. The van der Waals surface area contributed by atoms with Crippen LogP contribution in [-0.2, 0) is 26.9 Å². The number of piperidine rings is 1. The lowest BCUT2D eigenvalue weighted by Gasteiger charge is -2.33. The highest BCUT2D eigenvalue weighted by Gasteiger charge is 2.43. The molecule has 0 aliphatic carbocycles. The fraction of sp³-hybridized carbons (Fsp3) is 0.273. The smallest absolute Gasteiger partial charge is 0.346 e. The number of rotatable bonds is 5. The van der Waals surface area contributed by atoms with Gasteiger partial charge in [0, 0.05) is 35.1 Å². The van der Waals surface area contributed by atoms with Gasteiger partial charge >= 0.3 is 5.92 Å². The number of nitrogens with zero attached hydrogens (tertiary/aromatic N) is 1. The van der Waals surface area contributed by atoms with Crippen LogP contribution in [-0.4, -0.2) is 50.3 Å². The van der Waals surface area contributed by atoms with Crippen LogP contribution in [0.1, 0.15) is 45.8 Å². The number of nitrogens with one attached hydrogen (secondary N) is 2. The fourth-order valence-electron chi connectivity index (χ4n) is 4.39. The quantitative estimate of drug-likeness (QED) is 0.457. The lowest BCUT2D eigenvalue weighted by atomic mass is 9.82. The number of carbonyl (C=O) groups excluding carboxylic acids is 4. The van der Waals surface area contributed by atoms with Gasteiger partial charge < -0.3 is 10.2 Å². The molecule has 0 saturated carbocycles. The van der Waals surface area contributed by atoms with E-state index in [-0.39, 0.29) is 36.2 Å². The fourth-order valence-corrected chi connectivity index (χ4v) is 4.52. The monoisotopic (exact) mass is 485 g/mol. The molecule has 2 unspecified atom stereocenters. The maximum atomic E-state index is 14.6. The SMILES string of the molecule is Bc1cc2c(cc1CNC(=O)C(F)(F)c1ccc(Cl)cc1)C(B)N(C1CCC(=O)NC1=O)C2=O. The van der Waals surface area contributed by atoms with E-state index in [9.17, 15) is 28.0 Å². The lowest BCUT2D eigenvalue weighted by molar-refractivity contribution is -0.147. The van der Waals surface area contributed by atoms with E-state index in [2.05, 4.69) is 10.6 Å². The molecular weight excluding hydrogens is 465 g/mol. The minimum atomic E-state index is -3.75. The van der Waals surface area contributed by atoms with Crippen LogP contribution in [0.3, 0.4) is 0 Å². The molecule has 4 rings (SSSR count). The summed E-state index contributed by atoms with van der Waals surface area (Å²) in [5, 5.41) is 4.82. The zero-order valence-corrected chi connectivity index (χ0v) is 19.2. The van der Waals surface area contributed by atoms with E-state index in [4.69, 9.17) is 11.6 Å². The number of hydrogen-bond acceptors (Lipinski definition) is 4. The summed E-state index contributed by atoms with van der Waals surface area (Å²) in [4.78, 5) is 50.6. The van der Waals surface area contributed by atoms with Gasteiger partial charge in [-0.3, -0.25) is 24.5 Å². The molecule has 2 aliphatic rings. The van der Waals surface area contributed by atoms with Gasteiger partial charge in [0.1, 0.15) is 21.7 Å². The van der Waals surface area contributed by atoms with Crippen molar-refractivity contribution in [2.75, 3.05) is 0 Å². The van der Waals surface area contributed by atoms with Crippen LogP contribution in [0.5, 0.6) is 0 Å². The van der Waals surface area contributed by atoms with Gasteiger partial charge in [0.2, 0.25) is 11.8 Å². The van der Waals surface area contributed by atoms with E-state index in [1.54, 1.807) is 27.8 Å². The van der Waals surface area contributed by atoms with E-state index >= 15 is 0 Å². The Morgan fingerprint density at radius 1 is 1.21 bits per heavy atom. The predicted octanol–water partition coefficient (Wildman–Crippen LogP) is -0.101. The molecule has 2 aromatic rings. The maximum Gasteiger partial charge on any atom is 0.349 e. The highest BCUT2D eigenvalue weighted by molar-refractivity contribution is 6.34. The molecule has 2 atom stereocenters. The summed E-state index contributed by atoms with van der Waals surface area (Å²) in [7, 11) is 3.48. The number of halogens is 3. The van der Waals surface area contributed by atoms with E-state index < -0.39 is 35.3 Å². The van der Waals surface area contributed by atoms with Crippen molar-refractivity contribution in [2.24, 2.45) is 0 Å². The number of carbonyl (C=O) groups is 4. The average Bonchev–Trinajstić information content (AvgIpc) is 3.01. The number of benzene rings is 2. The first kappa shape index (κ1) is 23.9. The topological polar surface area (TPSA) is 95.6 Å². The van der Waals surface area contributed by atoms with Crippen LogP contribution < -0.4 is 16.1 Å². The Morgan fingerprint density at radius 3 is 2.53 bits per heavy atom. The summed E-state index contributed by atoms with van der Waals surface area (Å²) < 4.78 is 29.1. The van der Waals surface area contributed by atoms with Gasteiger partial charge in [-0.2, -0.15) is 8.78 Å². The molecule has 0 aromatic heterocycles. The molecule has 7 nitrogen and oxygen atoms in total. The molecule has 0 radical (unpaired) electrons. The zero-order chi connectivity index (χ0) is 24.8. The first-order chi connectivity index (χ1) is 16.0. The van der Waals surface area contributed by atoms with Gasteiger partial charge in [-0.05, 0) is 29.7 Å². The van der Waals surface area contributed by atoms with Crippen molar-refractivity contribution in [3.05, 3.63) is 63.7 Å². The summed E-state index contributed by atoms with van der Waals surface area (Å²) in [5.41, 5.74) is 1.78. The van der Waals surface area contributed by atoms with Crippen molar-refractivity contribution in [2.45, 2.75) is 37.3 Å². The van der Waals surface area contributed by atoms with Crippen LogP contribution in [0.15, 0.2) is 36.4 Å². The summed E-state index contributed by atoms with van der Waals surface area (Å²) >= 11 is 5.73. The largest absolute Gasteiger partial charge is 0.349 e. The molecule has 0 bridgehead atoms. The third-order valence-corrected chi connectivity index (χ3v) is 6.57. The molecule has 12 heteroatoms. The molecule has 2 N–H and O–H groups in total. The second-order valence-electron chi connectivity index (χ2n) is 8.49. The highest BCUT2D eigenvalue weighted by Crippen LogP contribution is 2.35. The minimum absolute atomic E-state index is 0.140. The standard InChI is InChI=1S/C22H20B2ClF2N3O4/c23-15-8-14-13(18(24)30(20(14)33)16-5-6-17(31)29-19(16)32)7-10(15)9-28-21(34)22(26,27)11-1-3-12(25)4-2-11/h1-4,7-8,16,18H,5-6,9,23-24H2,(H,28,34)(H,29,31,32). The second-order valence-corrected chi connectivity index (χ2v) is 8.92. The van der Waals surface area contributed by atoms with Crippen molar-refractivity contribution in [3.63, 3.8) is 0 Å². The first-order valence-corrected chi connectivity index (χ1v) is 11.1. The molecule has 2 heterocycles. The van der Waals surface area contributed by atoms with Gasteiger partial charge in [0.05, 0.1) is 0 Å². The molecule has 1 saturated heterocycles. The van der Waals surface area contributed by atoms with Crippen molar-refractivity contribution < 1.29 is 28.0 Å². The summed E-state index contributed by atoms with van der Waals surface area (Å²) in [6.45, 7) is -0.166. The minimum Gasteiger partial charge on any atom is -0.346 e. The third kappa shape index (κ3) is 4.20. The summed E-state index contributed by atoms with van der Waals surface area (Å²) in [6, 6.07) is 7.33. The summed E-state index contributed by atoms with van der Waals surface area (Å²) in [5.74, 6) is -6.88. The predicted molar refractivity (Wildman–Crippen MR) is 125 cm³/mol. The Bertz CT molecular complexity index is 1210. The molecule has 2 aromatic carbocycles. The number of amides is 4. The molecule has 1 fully saturated rings. The van der Waals surface area contributed by atoms with Gasteiger partial charge in [0.25, 0.3) is 11.8 Å². The van der Waals surface area contributed by atoms with Crippen molar-refractivity contribution in [1.82, 2.24) is 15.5 Å². The number of alkyl halides is 2. The van der Waals surface area contributed by atoms with E-state index in [0.29, 0.717) is 22.2 Å². The van der Waals surface area contributed by atoms with E-state index in [1.165, 1.54) is 17.0 Å². The Balaban J connectivity index is 1.52. The Labute approximate surface area is 201 Å². The van der Waals surface area contributed by atoms with Crippen molar-refractivity contribution >= 4 is 56.4 Å². The van der Waals surface area contributed by atoms with Gasteiger partial charge in [0.15, 0.2) is 0 Å². The molecule has 174 valence electrons. The van der Waals surface area contributed by atoms with Crippen LogP contribution in [0.4, 0.5) is 8.78 Å². The average molecular weight is 485 g/mol. The lowest BCUT2D eigenvalue weighted by Crippen LogP contribution is -2.53. The Hall–Kier alpha value is -3.20. The van der Waals surface area contributed by atoms with Gasteiger partial charge in [-0.25, -0.2) is 0 Å². The normalized spacial score (nSPS) is 20.2. The number of fused-ring (bicyclic) bond motifs is 1. The highest BCUT2D eigenvalue weighted by atomic mass is 35.5. The van der Waals surface area contributed by atoms with Crippen LogP contribution in [0.2, 0.25) is 5.02 Å². The number of imide groups is 1. The number of hydrogen-bond donors (Lipinski definition) is 2. The molecular formula is C22H20B2ClF2N3O4. The Morgan fingerprint density at radius 2 is 1.88 bits per heavy atom. The van der Waals surface area contributed by atoms with Crippen molar-refractivity contribution in [3.8, 4) is 0 Å². The first-order valence-electron chi connectivity index (χ1n) is 10.7. The van der Waals surface area contributed by atoms with Crippen molar-refractivity contribution in [1.29, 1.82) is 0 Å². The van der Waals surface area contributed by atoms with Crippen LogP contribution in [0.25, 0.3) is 0 Å². The van der Waals surface area contributed by atoms with Crippen LogP contribution in [0, 0.1) is 0 Å². The van der Waals surface area contributed by atoms with Gasteiger partial charge in [-0.1, -0.05) is 41.3 Å². The van der Waals surface area contributed by atoms with E-state index in [1.807, 2.05) is 0 Å². The Kier molecular flexibility index (Phi) is 6.24. The van der Waals surface area contributed by atoms with E-state index in [0.717, 1.165) is 12.1 Å². The maximum absolute atomic E-state index is 14.6. The van der Waals surface area contributed by atoms with Crippen LogP contribution >= 0.6 is 11.6 Å². The third-order valence-electron chi connectivity index (χ3n) is 6.32. The summed E-state index contributed by atoms with van der Waals surface area (Å²) in [6.07, 6.45) is 0.373. The molecule has 34 heavy (non-hydrogen) atoms. The van der Waals surface area contributed by atoms with Gasteiger partial charge in [-0.15, -0.1) is 0 Å².